The topological polar surface area (TPSA) is 77.6 Å². The number of benzene rings is 2. The van der Waals surface area contributed by atoms with Crippen LogP contribution in [0.2, 0.25) is 5.02 Å². The standard InChI is InChI=1S/C23H16ClF3N6O/c1-32-12-30-18-7-2-13(9-19(18)32)17-8-14-10-28-22(29-11-23(25,26)27)31-20(14)33(21(17)34)16-5-3-15(24)4-6-16/h2-10,12H,11H2,1H3,(H,28,29,31). The van der Waals surface area contributed by atoms with Crippen molar-refractivity contribution in [3.05, 3.63) is 76.4 Å². The summed E-state index contributed by atoms with van der Waals surface area (Å²) in [5.74, 6) is -0.240. The molecule has 0 radical (unpaired) electrons. The van der Waals surface area contributed by atoms with E-state index in [1.165, 1.54) is 10.8 Å². The molecule has 0 atom stereocenters. The molecule has 0 aliphatic rings. The van der Waals surface area contributed by atoms with Gasteiger partial charge in [-0.15, -0.1) is 0 Å². The zero-order valence-electron chi connectivity index (χ0n) is 17.6. The second kappa shape index (κ2) is 8.14. The van der Waals surface area contributed by atoms with Crippen molar-refractivity contribution in [2.45, 2.75) is 6.18 Å². The Morgan fingerprint density at radius 1 is 1.06 bits per heavy atom. The first-order chi connectivity index (χ1) is 16.2. The molecule has 0 bridgehead atoms. The van der Waals surface area contributed by atoms with Gasteiger partial charge in [0, 0.05) is 29.2 Å². The van der Waals surface area contributed by atoms with Crippen LogP contribution in [0.3, 0.4) is 0 Å². The van der Waals surface area contributed by atoms with E-state index in [0.29, 0.717) is 27.2 Å². The van der Waals surface area contributed by atoms with Gasteiger partial charge in [0.25, 0.3) is 5.56 Å². The maximum Gasteiger partial charge on any atom is 0.405 e. The summed E-state index contributed by atoms with van der Waals surface area (Å²) in [6.07, 6.45) is -1.37. The van der Waals surface area contributed by atoms with E-state index in [1.807, 2.05) is 23.7 Å². The van der Waals surface area contributed by atoms with Gasteiger partial charge in [-0.1, -0.05) is 17.7 Å². The summed E-state index contributed by atoms with van der Waals surface area (Å²) >= 11 is 6.02. The highest BCUT2D eigenvalue weighted by molar-refractivity contribution is 6.30. The summed E-state index contributed by atoms with van der Waals surface area (Å²) in [4.78, 5) is 26.2. The van der Waals surface area contributed by atoms with Crippen molar-refractivity contribution in [1.29, 1.82) is 0 Å². The first-order valence-electron chi connectivity index (χ1n) is 10.1. The Kier molecular flexibility index (Phi) is 5.24. The number of nitrogens with zero attached hydrogens (tertiary/aromatic N) is 5. The number of pyridine rings is 1. The number of anilines is 1. The van der Waals surface area contributed by atoms with Crippen LogP contribution in [-0.2, 0) is 7.05 Å². The minimum Gasteiger partial charge on any atom is -0.345 e. The third kappa shape index (κ3) is 4.08. The Morgan fingerprint density at radius 2 is 1.82 bits per heavy atom. The summed E-state index contributed by atoms with van der Waals surface area (Å²) in [5.41, 5.74) is 2.90. The summed E-state index contributed by atoms with van der Waals surface area (Å²) in [6, 6.07) is 13.6. The molecule has 0 spiro atoms. The summed E-state index contributed by atoms with van der Waals surface area (Å²) in [6.45, 7) is -1.30. The fraction of sp³-hybridized carbons (Fsp3) is 0.130. The Hall–Kier alpha value is -3.92. The van der Waals surface area contributed by atoms with Crippen molar-refractivity contribution >= 4 is 39.6 Å². The highest BCUT2D eigenvalue weighted by atomic mass is 35.5. The third-order valence-electron chi connectivity index (χ3n) is 5.31. The zero-order valence-corrected chi connectivity index (χ0v) is 18.4. The molecular weight excluding hydrogens is 469 g/mol. The van der Waals surface area contributed by atoms with E-state index in [1.54, 1.807) is 42.7 Å². The van der Waals surface area contributed by atoms with E-state index in [0.717, 1.165) is 11.0 Å². The van der Waals surface area contributed by atoms with Crippen LogP contribution in [0.5, 0.6) is 0 Å². The second-order valence-corrected chi connectivity index (χ2v) is 8.11. The van der Waals surface area contributed by atoms with Crippen LogP contribution in [0.4, 0.5) is 19.1 Å². The van der Waals surface area contributed by atoms with Crippen LogP contribution in [0.15, 0.2) is 65.8 Å². The summed E-state index contributed by atoms with van der Waals surface area (Å²) in [5, 5.41) is 3.11. The number of rotatable bonds is 4. The fourth-order valence-corrected chi connectivity index (χ4v) is 3.82. The molecule has 11 heteroatoms. The third-order valence-corrected chi connectivity index (χ3v) is 5.56. The highest BCUT2D eigenvalue weighted by Crippen LogP contribution is 2.26. The molecule has 34 heavy (non-hydrogen) atoms. The maximum absolute atomic E-state index is 13.7. The molecule has 0 fully saturated rings. The van der Waals surface area contributed by atoms with Crippen LogP contribution < -0.4 is 10.9 Å². The van der Waals surface area contributed by atoms with E-state index >= 15 is 0 Å². The Bertz CT molecular complexity index is 1590. The van der Waals surface area contributed by atoms with Crippen LogP contribution in [-0.4, -0.2) is 36.8 Å². The minimum atomic E-state index is -4.44. The summed E-state index contributed by atoms with van der Waals surface area (Å²) in [7, 11) is 1.86. The van der Waals surface area contributed by atoms with E-state index in [4.69, 9.17) is 11.6 Å². The van der Waals surface area contributed by atoms with E-state index in [-0.39, 0.29) is 11.6 Å². The van der Waals surface area contributed by atoms with Gasteiger partial charge in [-0.05, 0) is 48.0 Å². The first-order valence-corrected chi connectivity index (χ1v) is 10.5. The number of aryl methyl sites for hydroxylation is 1. The van der Waals surface area contributed by atoms with Crippen LogP contribution in [0.25, 0.3) is 38.9 Å². The number of alkyl halides is 3. The van der Waals surface area contributed by atoms with Gasteiger partial charge in [-0.3, -0.25) is 9.36 Å². The quantitative estimate of drug-likeness (QED) is 0.390. The molecule has 5 aromatic rings. The SMILES string of the molecule is Cn1cnc2ccc(-c3cc4cnc(NCC(F)(F)F)nc4n(-c4ccc(Cl)cc4)c3=O)cc21. The second-order valence-electron chi connectivity index (χ2n) is 7.68. The zero-order chi connectivity index (χ0) is 24.0. The number of halogens is 4. The lowest BCUT2D eigenvalue weighted by Crippen LogP contribution is -2.24. The molecule has 0 amide bonds. The maximum atomic E-state index is 13.7. The van der Waals surface area contributed by atoms with Crippen molar-refractivity contribution < 1.29 is 13.2 Å². The lowest BCUT2D eigenvalue weighted by atomic mass is 10.0. The molecule has 172 valence electrons. The van der Waals surface area contributed by atoms with Gasteiger partial charge in [0.2, 0.25) is 5.95 Å². The first kappa shape index (κ1) is 21.9. The molecule has 7 nitrogen and oxygen atoms in total. The Balaban J connectivity index is 1.74. The predicted molar refractivity (Wildman–Crippen MR) is 124 cm³/mol. The lowest BCUT2D eigenvalue weighted by Gasteiger charge is -2.14. The molecule has 0 aliphatic heterocycles. The van der Waals surface area contributed by atoms with Crippen LogP contribution in [0, 0.1) is 0 Å². The molecule has 1 N–H and O–H groups in total. The monoisotopic (exact) mass is 484 g/mol. The summed E-state index contributed by atoms with van der Waals surface area (Å²) < 4.78 is 41.2. The lowest BCUT2D eigenvalue weighted by molar-refractivity contribution is -0.115. The average molecular weight is 485 g/mol. The molecule has 3 aromatic heterocycles. The smallest absolute Gasteiger partial charge is 0.345 e. The minimum absolute atomic E-state index is 0.164. The van der Waals surface area contributed by atoms with Crippen LogP contribution >= 0.6 is 11.6 Å². The molecule has 0 saturated heterocycles. The largest absolute Gasteiger partial charge is 0.405 e. The van der Waals surface area contributed by atoms with Crippen molar-refractivity contribution in [1.82, 2.24) is 24.1 Å². The van der Waals surface area contributed by atoms with Gasteiger partial charge in [0.05, 0.1) is 23.0 Å². The fourth-order valence-electron chi connectivity index (χ4n) is 3.69. The van der Waals surface area contributed by atoms with Gasteiger partial charge >= 0.3 is 6.18 Å². The van der Waals surface area contributed by atoms with Gasteiger partial charge in [-0.2, -0.15) is 18.2 Å². The van der Waals surface area contributed by atoms with Gasteiger partial charge in [0.15, 0.2) is 5.65 Å². The van der Waals surface area contributed by atoms with Crippen LogP contribution in [0.1, 0.15) is 0 Å². The van der Waals surface area contributed by atoms with E-state index < -0.39 is 18.3 Å². The van der Waals surface area contributed by atoms with E-state index in [2.05, 4.69) is 20.3 Å². The van der Waals surface area contributed by atoms with Crippen molar-refractivity contribution in [2.24, 2.45) is 7.05 Å². The number of imidazole rings is 1. The van der Waals surface area contributed by atoms with E-state index in [9.17, 15) is 18.0 Å². The molecular formula is C23H16ClF3N6O. The molecule has 2 aromatic carbocycles. The predicted octanol–water partition coefficient (Wildman–Crippen LogP) is 4.96. The number of nitrogens with one attached hydrogen (secondary N) is 1. The molecule has 0 unspecified atom stereocenters. The molecule has 3 heterocycles. The number of aromatic nitrogens is 5. The molecule has 0 saturated carbocycles. The van der Waals surface area contributed by atoms with Crippen molar-refractivity contribution in [3.63, 3.8) is 0 Å². The molecule has 0 aliphatic carbocycles. The number of hydrogen-bond acceptors (Lipinski definition) is 5. The highest BCUT2D eigenvalue weighted by Gasteiger charge is 2.27. The average Bonchev–Trinajstić information content (AvgIpc) is 3.18. The van der Waals surface area contributed by atoms with Crippen molar-refractivity contribution in [3.8, 4) is 16.8 Å². The normalized spacial score (nSPS) is 11.9. The van der Waals surface area contributed by atoms with Gasteiger partial charge in [0.1, 0.15) is 6.54 Å². The van der Waals surface area contributed by atoms with Crippen molar-refractivity contribution in [2.75, 3.05) is 11.9 Å². The Labute approximate surface area is 195 Å². The number of hydrogen-bond donors (Lipinski definition) is 1. The number of fused-ring (bicyclic) bond motifs is 2. The van der Waals surface area contributed by atoms with Gasteiger partial charge < -0.3 is 9.88 Å². The molecule has 5 rings (SSSR count). The Morgan fingerprint density at radius 3 is 2.56 bits per heavy atom. The van der Waals surface area contributed by atoms with Gasteiger partial charge in [-0.25, -0.2) is 9.97 Å².